The maximum absolute atomic E-state index is 12.6. The lowest BCUT2D eigenvalue weighted by Crippen LogP contribution is -2.41. The van der Waals surface area contributed by atoms with Crippen molar-refractivity contribution in [3.8, 4) is 5.88 Å². The molecule has 1 aliphatic heterocycles. The number of halogens is 3. The molecule has 0 atom stereocenters. The average Bonchev–Trinajstić information content (AvgIpc) is 3.32. The van der Waals surface area contributed by atoms with Crippen LogP contribution in [0, 0.1) is 12.8 Å². The first-order chi connectivity index (χ1) is 17.5. The summed E-state index contributed by atoms with van der Waals surface area (Å²) in [6.07, 6.45) is 0.628. The Morgan fingerprint density at radius 1 is 1.03 bits per heavy atom. The molecule has 0 bridgehead atoms. The third-order valence-corrected chi connectivity index (χ3v) is 7.13. The van der Waals surface area contributed by atoms with Crippen LogP contribution in [0.2, 0.25) is 0 Å². The van der Waals surface area contributed by atoms with Crippen molar-refractivity contribution in [3.63, 3.8) is 0 Å². The van der Waals surface area contributed by atoms with E-state index in [1.807, 2.05) is 13.8 Å². The number of nitrogens with two attached hydrogens (primary N) is 1. The molecule has 196 valence electrons. The number of aryl methyl sites for hydroxylation is 2. The zero-order chi connectivity index (χ0) is 26.4. The first kappa shape index (κ1) is 25.2. The van der Waals surface area contributed by atoms with Crippen molar-refractivity contribution in [1.29, 1.82) is 0 Å². The molecule has 11 heteroatoms. The summed E-state index contributed by atoms with van der Waals surface area (Å²) in [6.45, 7) is 5.67. The number of aromatic nitrogens is 4. The van der Waals surface area contributed by atoms with E-state index in [9.17, 15) is 13.2 Å². The third-order valence-electron chi connectivity index (χ3n) is 7.13. The predicted molar refractivity (Wildman–Crippen MR) is 131 cm³/mol. The number of anilines is 1. The molecule has 37 heavy (non-hydrogen) atoms. The molecule has 0 spiro atoms. The predicted octanol–water partition coefficient (Wildman–Crippen LogP) is 5.97. The molecule has 0 radical (unpaired) electrons. The Kier molecular flexibility index (Phi) is 6.41. The number of hydrogen-bond donors (Lipinski definition) is 1. The van der Waals surface area contributed by atoms with Gasteiger partial charge in [-0.3, -0.25) is 0 Å². The van der Waals surface area contributed by atoms with Gasteiger partial charge in [0.05, 0.1) is 5.71 Å². The van der Waals surface area contributed by atoms with E-state index in [4.69, 9.17) is 15.5 Å². The highest BCUT2D eigenvalue weighted by molar-refractivity contribution is 6.09. The lowest BCUT2D eigenvalue weighted by molar-refractivity contribution is -0.159. The van der Waals surface area contributed by atoms with Crippen LogP contribution >= 0.6 is 0 Å². The summed E-state index contributed by atoms with van der Waals surface area (Å²) >= 11 is 0. The lowest BCUT2D eigenvalue weighted by atomic mass is 9.77. The van der Waals surface area contributed by atoms with Gasteiger partial charge < -0.3 is 15.0 Å². The van der Waals surface area contributed by atoms with E-state index in [0.29, 0.717) is 41.5 Å². The molecule has 0 amide bonds. The van der Waals surface area contributed by atoms with Crippen LogP contribution in [0.25, 0.3) is 0 Å². The minimum absolute atomic E-state index is 0.119. The molecule has 5 rings (SSSR count). The van der Waals surface area contributed by atoms with E-state index >= 15 is 0 Å². The smallest absolute Gasteiger partial charge is 0.463 e. The Morgan fingerprint density at radius 2 is 1.73 bits per heavy atom. The molecule has 2 aliphatic rings. The van der Waals surface area contributed by atoms with Crippen LogP contribution in [0.4, 0.5) is 24.7 Å². The van der Waals surface area contributed by atoms with Crippen LogP contribution in [-0.2, 0) is 12.6 Å². The zero-order valence-electron chi connectivity index (χ0n) is 21.0. The van der Waals surface area contributed by atoms with Gasteiger partial charge >= 0.3 is 12.1 Å². The van der Waals surface area contributed by atoms with Gasteiger partial charge in [-0.1, -0.05) is 29.4 Å². The van der Waals surface area contributed by atoms with Crippen LogP contribution in [-0.4, -0.2) is 31.4 Å². The number of ether oxygens (including phenoxy) is 1. The normalized spacial score (nSPS) is 21.2. The Morgan fingerprint density at radius 3 is 2.38 bits per heavy atom. The Bertz CT molecular complexity index is 1310. The van der Waals surface area contributed by atoms with Crippen molar-refractivity contribution in [2.24, 2.45) is 10.9 Å². The van der Waals surface area contributed by atoms with Crippen LogP contribution < -0.4 is 10.5 Å². The van der Waals surface area contributed by atoms with E-state index in [-0.39, 0.29) is 5.82 Å². The van der Waals surface area contributed by atoms with Crippen molar-refractivity contribution in [2.45, 2.75) is 77.0 Å². The molecule has 2 aromatic heterocycles. The molecular formula is C26H29F3N6O2. The summed E-state index contributed by atoms with van der Waals surface area (Å²) in [6, 6.07) is 8.41. The summed E-state index contributed by atoms with van der Waals surface area (Å²) in [4.78, 5) is 16.8. The van der Waals surface area contributed by atoms with Crippen LogP contribution in [0.15, 0.2) is 33.8 Å². The Hall–Kier alpha value is -3.50. The minimum atomic E-state index is -4.60. The number of rotatable bonds is 5. The summed E-state index contributed by atoms with van der Waals surface area (Å²) in [5.74, 6) is 0.951. The molecule has 3 heterocycles. The molecule has 8 nitrogen and oxygen atoms in total. The minimum Gasteiger partial charge on any atom is -0.463 e. The fraction of sp³-hybridized carbons (Fsp3) is 0.500. The summed E-state index contributed by atoms with van der Waals surface area (Å²) in [5.41, 5.74) is 8.84. The van der Waals surface area contributed by atoms with Crippen LogP contribution in [0.3, 0.4) is 0 Å². The topological polar surface area (TPSA) is 112 Å². The third kappa shape index (κ3) is 5.30. The van der Waals surface area contributed by atoms with E-state index in [1.165, 1.54) is 5.56 Å². The molecular weight excluding hydrogens is 485 g/mol. The summed E-state index contributed by atoms with van der Waals surface area (Å²) < 4.78 is 48.4. The van der Waals surface area contributed by atoms with E-state index in [1.54, 1.807) is 6.92 Å². The quantitative estimate of drug-likeness (QED) is 0.446. The molecule has 3 aromatic rings. The molecule has 1 fully saturated rings. The monoisotopic (exact) mass is 514 g/mol. The average molecular weight is 515 g/mol. The molecule has 1 aromatic carbocycles. The first-order valence-corrected chi connectivity index (χ1v) is 12.4. The van der Waals surface area contributed by atoms with Gasteiger partial charge in [-0.25, -0.2) is 9.98 Å². The number of alkyl halides is 3. The molecule has 2 N–H and O–H groups in total. The molecule has 0 saturated heterocycles. The van der Waals surface area contributed by atoms with Crippen molar-refractivity contribution in [2.75, 3.05) is 5.73 Å². The summed E-state index contributed by atoms with van der Waals surface area (Å²) in [5, 5.41) is 3.47. The fourth-order valence-corrected chi connectivity index (χ4v) is 5.19. The van der Waals surface area contributed by atoms with Gasteiger partial charge in [0.25, 0.3) is 0 Å². The van der Waals surface area contributed by atoms with E-state index in [2.05, 4.69) is 48.9 Å². The zero-order valence-corrected chi connectivity index (χ0v) is 21.0. The number of nitrogens with zero attached hydrogens (tertiary/aromatic N) is 5. The first-order valence-electron chi connectivity index (χ1n) is 12.4. The van der Waals surface area contributed by atoms with Gasteiger partial charge in [-0.2, -0.15) is 23.1 Å². The van der Waals surface area contributed by atoms with Crippen LogP contribution in [0.5, 0.6) is 5.88 Å². The molecule has 1 saturated carbocycles. The highest BCUT2D eigenvalue weighted by atomic mass is 19.4. The second kappa shape index (κ2) is 9.42. The largest absolute Gasteiger partial charge is 0.471 e. The van der Waals surface area contributed by atoms with Crippen molar-refractivity contribution in [1.82, 2.24) is 20.1 Å². The maximum Gasteiger partial charge on any atom is 0.471 e. The summed E-state index contributed by atoms with van der Waals surface area (Å²) in [7, 11) is 0. The Balaban J connectivity index is 1.21. The number of fused-ring (bicyclic) bond motifs is 1. The second-order valence-corrected chi connectivity index (χ2v) is 10.3. The molecule has 0 unspecified atom stereocenters. The highest BCUT2D eigenvalue weighted by Crippen LogP contribution is 2.41. The fourth-order valence-electron chi connectivity index (χ4n) is 5.19. The van der Waals surface area contributed by atoms with Gasteiger partial charge in [-0.05, 0) is 70.3 Å². The van der Waals surface area contributed by atoms with Gasteiger partial charge in [-0.15, -0.1) is 0 Å². The maximum atomic E-state index is 12.6. The van der Waals surface area contributed by atoms with E-state index in [0.717, 1.165) is 43.4 Å². The number of benzene rings is 1. The Labute approximate surface area is 212 Å². The van der Waals surface area contributed by atoms with Crippen molar-refractivity contribution < 1.29 is 22.4 Å². The van der Waals surface area contributed by atoms with Gasteiger partial charge in [0.15, 0.2) is 17.3 Å². The number of hydrogen-bond acceptors (Lipinski definition) is 8. The SMILES string of the molecule is Cc1nc(N)c2c(n1)OC(C)(C)C(c1ccc([C@H]3CC[C@H](CCc4noc(C(F)(F)F)n4)CC3)cc1)=N2. The van der Waals surface area contributed by atoms with Crippen molar-refractivity contribution in [3.05, 3.63) is 52.9 Å². The van der Waals surface area contributed by atoms with E-state index < -0.39 is 17.7 Å². The highest BCUT2D eigenvalue weighted by Gasteiger charge is 2.38. The van der Waals surface area contributed by atoms with Gasteiger partial charge in [0.2, 0.25) is 5.88 Å². The number of aliphatic imine (C=N–C) groups is 1. The second-order valence-electron chi connectivity index (χ2n) is 10.3. The van der Waals surface area contributed by atoms with Gasteiger partial charge in [0.1, 0.15) is 11.4 Å². The van der Waals surface area contributed by atoms with Gasteiger partial charge in [0, 0.05) is 12.0 Å². The lowest BCUT2D eigenvalue weighted by Gasteiger charge is -2.32. The van der Waals surface area contributed by atoms with Crippen LogP contribution in [0.1, 0.15) is 80.5 Å². The van der Waals surface area contributed by atoms with Crippen molar-refractivity contribution >= 4 is 17.2 Å². The standard InChI is InChI=1S/C26H29F3N6O2/c1-14-31-22(30)20-23(32-14)36-25(2,3)21(34-20)18-11-9-17(10-12-18)16-7-4-15(5-8-16)6-13-19-33-24(37-35-19)26(27,28)29/h9-12,15-16H,4-8,13H2,1-3H3,(H2,30,31,32)/t15-,16-. The number of nitrogen functional groups attached to an aromatic ring is 1. The molecule has 1 aliphatic carbocycles.